The molecule has 4 rings (SSSR count). The number of benzene rings is 1. The van der Waals surface area contributed by atoms with Gasteiger partial charge in [-0.25, -0.2) is 4.98 Å². The van der Waals surface area contributed by atoms with E-state index in [1.54, 1.807) is 4.52 Å². The lowest BCUT2D eigenvalue weighted by molar-refractivity contribution is -0.120. The average molecular weight is 379 g/mol. The molecule has 3 aromatic rings. The second-order valence-electron chi connectivity index (χ2n) is 7.36. The summed E-state index contributed by atoms with van der Waals surface area (Å²) in [6.07, 6.45) is 1.36. The predicted octanol–water partition coefficient (Wildman–Crippen LogP) is 1.51. The highest BCUT2D eigenvalue weighted by Gasteiger charge is 2.23. The molecular formula is C20H25N7O. The smallest absolute Gasteiger partial charge is 0.254 e. The number of amides is 1. The van der Waals surface area contributed by atoms with Crippen LogP contribution < -0.4 is 16.0 Å². The number of nitrogens with one attached hydrogen (secondary N) is 1. The third-order valence-electron chi connectivity index (χ3n) is 5.40. The molecule has 2 aromatic heterocycles. The largest absolute Gasteiger partial charge is 0.371 e. The number of nitrogens with zero attached hydrogens (tertiary/aromatic N) is 5. The molecule has 1 aromatic carbocycles. The van der Waals surface area contributed by atoms with Crippen LogP contribution in [0.25, 0.3) is 5.78 Å². The summed E-state index contributed by atoms with van der Waals surface area (Å²) in [5.41, 5.74) is 9.40. The molecule has 1 unspecified atom stereocenters. The number of aromatic nitrogens is 4. The molecule has 1 aliphatic rings. The monoisotopic (exact) mass is 379 g/mol. The topological polar surface area (TPSA) is 101 Å². The van der Waals surface area contributed by atoms with Crippen LogP contribution >= 0.6 is 0 Å². The van der Waals surface area contributed by atoms with Crippen LogP contribution in [-0.2, 0) is 11.2 Å². The van der Waals surface area contributed by atoms with Crippen molar-refractivity contribution in [1.82, 2.24) is 24.9 Å². The maximum absolute atomic E-state index is 12.5. The number of para-hydroxylation sites is 1. The van der Waals surface area contributed by atoms with Crippen molar-refractivity contribution in [2.75, 3.05) is 30.3 Å². The van der Waals surface area contributed by atoms with Crippen molar-refractivity contribution in [3.63, 3.8) is 0 Å². The number of fused-ring (bicyclic) bond motifs is 1. The van der Waals surface area contributed by atoms with Crippen LogP contribution in [0.5, 0.6) is 0 Å². The predicted molar refractivity (Wildman–Crippen MR) is 108 cm³/mol. The van der Waals surface area contributed by atoms with Crippen LogP contribution in [0.3, 0.4) is 0 Å². The summed E-state index contributed by atoms with van der Waals surface area (Å²) in [4.78, 5) is 23.4. The van der Waals surface area contributed by atoms with Gasteiger partial charge in [0.05, 0.1) is 6.42 Å². The van der Waals surface area contributed by atoms with Crippen LogP contribution in [0.2, 0.25) is 0 Å². The first kappa shape index (κ1) is 18.2. The quantitative estimate of drug-likeness (QED) is 0.697. The van der Waals surface area contributed by atoms with E-state index in [0.717, 1.165) is 36.5 Å². The van der Waals surface area contributed by atoms with Crippen LogP contribution in [0, 0.1) is 19.8 Å². The molecule has 8 nitrogen and oxygen atoms in total. The van der Waals surface area contributed by atoms with Crippen molar-refractivity contribution in [2.24, 2.45) is 5.92 Å². The molecule has 1 fully saturated rings. The number of hydrogen-bond donors (Lipinski definition) is 2. The molecule has 0 bridgehead atoms. The van der Waals surface area contributed by atoms with Gasteiger partial charge in [0, 0.05) is 42.3 Å². The Balaban J connectivity index is 1.36. The van der Waals surface area contributed by atoms with E-state index < -0.39 is 0 Å². The Bertz CT molecular complexity index is 999. The summed E-state index contributed by atoms with van der Waals surface area (Å²) >= 11 is 0. The number of aryl methyl sites for hydroxylation is 2. The Morgan fingerprint density at radius 2 is 2.04 bits per heavy atom. The highest BCUT2D eigenvalue weighted by atomic mass is 16.1. The minimum Gasteiger partial charge on any atom is -0.371 e. The third-order valence-corrected chi connectivity index (χ3v) is 5.40. The standard InChI is InChI=1S/C20H25N7O/c1-13-17(14(2)27-20(23-13)24-19(21)25-27)10-18(28)22-11-15-8-9-26(12-15)16-6-4-3-5-7-16/h3-7,15H,8-12H2,1-2H3,(H2,21,25)(H,22,28). The molecule has 146 valence electrons. The molecule has 0 saturated carbocycles. The summed E-state index contributed by atoms with van der Waals surface area (Å²) < 4.78 is 1.60. The molecule has 0 radical (unpaired) electrons. The Morgan fingerprint density at radius 1 is 1.25 bits per heavy atom. The van der Waals surface area contributed by atoms with Gasteiger partial charge in [0.2, 0.25) is 11.9 Å². The lowest BCUT2D eigenvalue weighted by atomic mass is 10.1. The van der Waals surface area contributed by atoms with Crippen LogP contribution in [0.15, 0.2) is 30.3 Å². The number of carbonyl (C=O) groups is 1. The number of nitrogens with two attached hydrogens (primary N) is 1. The maximum atomic E-state index is 12.5. The minimum atomic E-state index is -0.00130. The van der Waals surface area contributed by atoms with Crippen molar-refractivity contribution in [2.45, 2.75) is 26.7 Å². The van der Waals surface area contributed by atoms with Crippen molar-refractivity contribution < 1.29 is 4.79 Å². The van der Waals surface area contributed by atoms with E-state index in [4.69, 9.17) is 5.73 Å². The fourth-order valence-corrected chi connectivity index (χ4v) is 3.83. The fraction of sp³-hybridized carbons (Fsp3) is 0.400. The second kappa shape index (κ2) is 7.46. The van der Waals surface area contributed by atoms with Crippen LogP contribution in [0.1, 0.15) is 23.4 Å². The lowest BCUT2D eigenvalue weighted by Gasteiger charge is -2.18. The molecule has 0 spiro atoms. The first-order valence-corrected chi connectivity index (χ1v) is 9.56. The number of rotatable bonds is 5. The van der Waals surface area contributed by atoms with Gasteiger partial charge in [0.25, 0.3) is 5.78 Å². The van der Waals surface area contributed by atoms with Gasteiger partial charge in [-0.05, 0) is 38.3 Å². The van der Waals surface area contributed by atoms with Crippen molar-refractivity contribution >= 4 is 23.3 Å². The van der Waals surface area contributed by atoms with E-state index in [9.17, 15) is 4.79 Å². The molecule has 1 atom stereocenters. The van der Waals surface area contributed by atoms with Gasteiger partial charge < -0.3 is 16.0 Å². The first-order chi connectivity index (χ1) is 13.5. The molecule has 1 aliphatic heterocycles. The van der Waals surface area contributed by atoms with E-state index in [1.807, 2.05) is 19.9 Å². The van der Waals surface area contributed by atoms with Gasteiger partial charge in [0.1, 0.15) is 0 Å². The summed E-state index contributed by atoms with van der Waals surface area (Å²) in [7, 11) is 0. The van der Waals surface area contributed by atoms with Crippen molar-refractivity contribution in [3.8, 4) is 0 Å². The fourth-order valence-electron chi connectivity index (χ4n) is 3.83. The van der Waals surface area contributed by atoms with Crippen LogP contribution in [-0.4, -0.2) is 45.1 Å². The molecule has 0 aliphatic carbocycles. The Labute approximate surface area is 163 Å². The van der Waals surface area contributed by atoms with Crippen molar-refractivity contribution in [1.29, 1.82) is 0 Å². The van der Waals surface area contributed by atoms with Gasteiger partial charge in [-0.15, -0.1) is 5.10 Å². The molecule has 1 amide bonds. The zero-order valence-corrected chi connectivity index (χ0v) is 16.2. The van der Waals surface area contributed by atoms with E-state index in [1.165, 1.54) is 5.69 Å². The highest BCUT2D eigenvalue weighted by molar-refractivity contribution is 5.79. The van der Waals surface area contributed by atoms with Gasteiger partial charge >= 0.3 is 0 Å². The highest BCUT2D eigenvalue weighted by Crippen LogP contribution is 2.23. The first-order valence-electron chi connectivity index (χ1n) is 9.56. The Kier molecular flexibility index (Phi) is 4.85. The van der Waals surface area contributed by atoms with E-state index in [0.29, 0.717) is 18.2 Å². The molecule has 1 saturated heterocycles. The van der Waals surface area contributed by atoms with Gasteiger partial charge in [-0.2, -0.15) is 9.50 Å². The molecular weight excluding hydrogens is 354 g/mol. The number of anilines is 2. The second-order valence-corrected chi connectivity index (χ2v) is 7.36. The molecule has 3 N–H and O–H groups in total. The number of hydrogen-bond acceptors (Lipinski definition) is 6. The Hall–Kier alpha value is -3.16. The zero-order valence-electron chi connectivity index (χ0n) is 16.2. The Morgan fingerprint density at radius 3 is 2.82 bits per heavy atom. The summed E-state index contributed by atoms with van der Waals surface area (Å²) in [5.74, 6) is 1.10. The van der Waals surface area contributed by atoms with E-state index >= 15 is 0 Å². The molecule has 8 heteroatoms. The van der Waals surface area contributed by atoms with Crippen molar-refractivity contribution in [3.05, 3.63) is 47.3 Å². The molecule has 3 heterocycles. The third kappa shape index (κ3) is 3.62. The SMILES string of the molecule is Cc1nc2nc(N)nn2c(C)c1CC(=O)NCC1CCN(c2ccccc2)C1. The maximum Gasteiger partial charge on any atom is 0.254 e. The zero-order chi connectivity index (χ0) is 19.7. The average Bonchev–Trinajstić information content (AvgIpc) is 3.30. The van der Waals surface area contributed by atoms with Gasteiger partial charge in [0.15, 0.2) is 0 Å². The van der Waals surface area contributed by atoms with Gasteiger partial charge in [-0.3, -0.25) is 4.79 Å². The van der Waals surface area contributed by atoms with Crippen LogP contribution in [0.4, 0.5) is 11.6 Å². The summed E-state index contributed by atoms with van der Waals surface area (Å²) in [5, 5.41) is 7.24. The number of carbonyl (C=O) groups excluding carboxylic acids is 1. The minimum absolute atomic E-state index is 0.00130. The van der Waals surface area contributed by atoms with E-state index in [2.05, 4.69) is 49.5 Å². The lowest BCUT2D eigenvalue weighted by Crippen LogP contribution is -2.32. The summed E-state index contributed by atoms with van der Waals surface area (Å²) in [6, 6.07) is 10.4. The van der Waals surface area contributed by atoms with E-state index in [-0.39, 0.29) is 18.3 Å². The normalized spacial score (nSPS) is 16.6. The van der Waals surface area contributed by atoms with Gasteiger partial charge in [-0.1, -0.05) is 18.2 Å². The number of nitrogen functional groups attached to an aromatic ring is 1. The summed E-state index contributed by atoms with van der Waals surface area (Å²) in [6.45, 7) is 6.47. The molecule has 28 heavy (non-hydrogen) atoms.